The molecule has 4 rings (SSSR count). The molecule has 2 aliphatic heterocycles. The molecular formula is C21H19NaO11. The number of carbonyl (C=O) groups is 2. The van der Waals surface area contributed by atoms with Crippen LogP contribution in [0, 0.1) is 0 Å². The van der Waals surface area contributed by atoms with Gasteiger partial charge in [-0.1, -0.05) is 12.1 Å². The van der Waals surface area contributed by atoms with Gasteiger partial charge in [0.15, 0.2) is 5.78 Å². The quantitative estimate of drug-likeness (QED) is 0.273. The average molecular weight is 470 g/mol. The molecule has 1 unspecified atom stereocenters. The van der Waals surface area contributed by atoms with Gasteiger partial charge in [0.05, 0.1) is 12.4 Å². The summed E-state index contributed by atoms with van der Waals surface area (Å²) < 4.78 is 16.2. The summed E-state index contributed by atoms with van der Waals surface area (Å²) >= 11 is 0. The fraction of sp³-hybridized carbons (Fsp3) is 0.333. The van der Waals surface area contributed by atoms with E-state index >= 15 is 0 Å². The zero-order valence-corrected chi connectivity index (χ0v) is 19.3. The van der Waals surface area contributed by atoms with Crippen molar-refractivity contribution in [2.45, 2.75) is 43.2 Å². The number of benzene rings is 2. The first-order valence-corrected chi connectivity index (χ1v) is 9.58. The maximum absolute atomic E-state index is 12.4. The largest absolute Gasteiger partial charge is 1.00 e. The summed E-state index contributed by atoms with van der Waals surface area (Å²) in [4.78, 5) is 23.5. The Kier molecular flexibility index (Phi) is 7.54. The fourth-order valence-corrected chi connectivity index (χ4v) is 3.65. The summed E-state index contributed by atoms with van der Waals surface area (Å²) in [5.74, 6) is -2.59. The van der Waals surface area contributed by atoms with Gasteiger partial charge in [-0.05, 0) is 17.7 Å². The number of ketones is 1. The number of hydrogen-bond donors (Lipinski definition) is 5. The molecule has 2 aliphatic rings. The first-order valence-electron chi connectivity index (χ1n) is 9.58. The Labute approximate surface area is 209 Å². The minimum atomic E-state index is -1.90. The third-order valence-corrected chi connectivity index (χ3v) is 5.29. The van der Waals surface area contributed by atoms with Gasteiger partial charge in [0.25, 0.3) is 0 Å². The Balaban J connectivity index is 0.00000306. The van der Waals surface area contributed by atoms with Crippen LogP contribution in [0.15, 0.2) is 36.4 Å². The van der Waals surface area contributed by atoms with E-state index in [2.05, 4.69) is 0 Å². The molecule has 33 heavy (non-hydrogen) atoms. The van der Waals surface area contributed by atoms with Gasteiger partial charge in [-0.25, -0.2) is 0 Å². The maximum atomic E-state index is 12.4. The molecule has 12 heteroatoms. The van der Waals surface area contributed by atoms with Crippen molar-refractivity contribution >= 4 is 11.8 Å². The van der Waals surface area contributed by atoms with Gasteiger partial charge in [-0.15, -0.1) is 0 Å². The predicted octanol–water partition coefficient (Wildman–Crippen LogP) is -4.26. The van der Waals surface area contributed by atoms with Crippen LogP contribution in [0.3, 0.4) is 0 Å². The standard InChI is InChI=1S/C21H20O11.Na/c22-9-5-11(23)15-12(24)7-13(31-14(15)6-9)8-1-3-10(4-2-8)30-21-18(27)16(25)17(26)19(32-21)20(28)29;/h1-6,13,16-19,21-23,25-27H,7H2,(H,28,29);/q;+1/p-1/t13?,16-,17-,18+,19-,21+;/m0./s1. The van der Waals surface area contributed by atoms with E-state index in [9.17, 15) is 40.2 Å². The van der Waals surface area contributed by atoms with Gasteiger partial charge in [0, 0.05) is 12.1 Å². The number of aliphatic hydroxyl groups is 3. The Bertz CT molecular complexity index is 1040. The van der Waals surface area contributed by atoms with Crippen LogP contribution < -0.4 is 44.1 Å². The van der Waals surface area contributed by atoms with E-state index < -0.39 is 42.8 Å². The Hall–Kier alpha value is -2.38. The summed E-state index contributed by atoms with van der Waals surface area (Å²) in [6, 6.07) is 8.27. The zero-order chi connectivity index (χ0) is 23.2. The summed E-state index contributed by atoms with van der Waals surface area (Å²) in [5.41, 5.74) is 0.554. The number of fused-ring (bicyclic) bond motifs is 1. The van der Waals surface area contributed by atoms with Gasteiger partial charge >= 0.3 is 29.6 Å². The molecule has 0 spiro atoms. The molecule has 1 saturated heterocycles. The number of aromatic hydroxyl groups is 2. The molecule has 0 aromatic heterocycles. The monoisotopic (exact) mass is 470 g/mol. The van der Waals surface area contributed by atoms with Gasteiger partial charge in [-0.2, -0.15) is 0 Å². The molecular weight excluding hydrogens is 451 g/mol. The van der Waals surface area contributed by atoms with Crippen molar-refractivity contribution in [3.63, 3.8) is 0 Å². The van der Waals surface area contributed by atoms with Crippen LogP contribution in [0.5, 0.6) is 23.0 Å². The number of phenolic OH excluding ortho intramolecular Hbond substituents is 2. The van der Waals surface area contributed by atoms with Crippen LogP contribution in [-0.2, 0) is 9.53 Å². The Morgan fingerprint density at radius 3 is 2.33 bits per heavy atom. The van der Waals surface area contributed by atoms with Crippen LogP contribution in [0.2, 0.25) is 0 Å². The van der Waals surface area contributed by atoms with Crippen LogP contribution in [0.25, 0.3) is 0 Å². The zero-order valence-electron chi connectivity index (χ0n) is 17.3. The molecule has 6 atom stereocenters. The smallest absolute Gasteiger partial charge is 0.547 e. The molecule has 1 fully saturated rings. The van der Waals surface area contributed by atoms with Gasteiger partial charge in [0.2, 0.25) is 6.29 Å². The molecule has 2 aromatic rings. The molecule has 0 amide bonds. The van der Waals surface area contributed by atoms with Crippen molar-refractivity contribution in [1.29, 1.82) is 0 Å². The molecule has 0 saturated carbocycles. The number of ether oxygens (including phenoxy) is 3. The molecule has 5 N–H and O–H groups in total. The Morgan fingerprint density at radius 2 is 1.70 bits per heavy atom. The second-order valence-corrected chi connectivity index (χ2v) is 7.47. The van der Waals surface area contributed by atoms with Gasteiger partial charge in [0.1, 0.15) is 59.1 Å². The molecule has 2 heterocycles. The minimum absolute atomic E-state index is 0. The number of carbonyl (C=O) groups excluding carboxylic acids is 2. The van der Waals surface area contributed by atoms with E-state index in [1.54, 1.807) is 12.1 Å². The summed E-state index contributed by atoms with van der Waals surface area (Å²) in [6.45, 7) is 0. The van der Waals surface area contributed by atoms with Gasteiger partial charge in [-0.3, -0.25) is 4.79 Å². The van der Waals surface area contributed by atoms with Crippen molar-refractivity contribution in [2.75, 3.05) is 0 Å². The van der Waals surface area contributed by atoms with Crippen LogP contribution in [0.1, 0.15) is 28.4 Å². The molecule has 170 valence electrons. The van der Waals surface area contributed by atoms with Crippen molar-refractivity contribution in [1.82, 2.24) is 0 Å². The van der Waals surface area contributed by atoms with E-state index in [-0.39, 0.29) is 70.3 Å². The number of phenols is 2. The second kappa shape index (κ2) is 9.85. The van der Waals surface area contributed by atoms with E-state index in [4.69, 9.17) is 14.2 Å². The molecule has 11 nitrogen and oxygen atoms in total. The average Bonchev–Trinajstić information content (AvgIpc) is 2.73. The van der Waals surface area contributed by atoms with E-state index in [1.807, 2.05) is 0 Å². The number of hydrogen-bond acceptors (Lipinski definition) is 11. The number of aliphatic hydroxyl groups excluding tert-OH is 3. The van der Waals surface area contributed by atoms with Crippen LogP contribution >= 0.6 is 0 Å². The van der Waals surface area contributed by atoms with Crippen molar-refractivity contribution in [3.8, 4) is 23.0 Å². The number of rotatable bonds is 4. The first-order chi connectivity index (χ1) is 15.2. The molecule has 0 bridgehead atoms. The van der Waals surface area contributed by atoms with Gasteiger partial charge < -0.3 is 49.6 Å². The van der Waals surface area contributed by atoms with Crippen molar-refractivity contribution in [2.24, 2.45) is 0 Å². The predicted molar refractivity (Wildman–Crippen MR) is 101 cm³/mol. The second-order valence-electron chi connectivity index (χ2n) is 7.47. The summed E-state index contributed by atoms with van der Waals surface area (Å²) in [7, 11) is 0. The third-order valence-electron chi connectivity index (χ3n) is 5.29. The first kappa shape index (κ1) is 25.2. The normalized spacial score (nSPS) is 28.8. The van der Waals surface area contributed by atoms with E-state index in [0.717, 1.165) is 6.07 Å². The Morgan fingerprint density at radius 1 is 1.03 bits per heavy atom. The number of aliphatic carboxylic acids is 1. The van der Waals surface area contributed by atoms with E-state index in [1.165, 1.54) is 18.2 Å². The van der Waals surface area contributed by atoms with Crippen LogP contribution in [-0.4, -0.2) is 68.0 Å². The number of carboxylic acids is 1. The van der Waals surface area contributed by atoms with Crippen LogP contribution in [0.4, 0.5) is 0 Å². The minimum Gasteiger partial charge on any atom is -0.547 e. The fourth-order valence-electron chi connectivity index (χ4n) is 3.65. The maximum Gasteiger partial charge on any atom is 1.00 e. The van der Waals surface area contributed by atoms with Crippen molar-refractivity contribution in [3.05, 3.63) is 47.5 Å². The van der Waals surface area contributed by atoms with E-state index in [0.29, 0.717) is 5.56 Å². The molecule has 0 aliphatic carbocycles. The third kappa shape index (κ3) is 4.94. The topological polar surface area (TPSA) is 186 Å². The number of carboxylic acid groups (broad SMARTS) is 1. The molecule has 2 aromatic carbocycles. The SMILES string of the molecule is O=C1CC(c2ccc(O[C@@H]3O[C@H](C(=O)[O-])[C@@H](O)[C@H](O)[C@H]3O)cc2)Oc2cc(O)cc(O)c21.[Na+]. The van der Waals surface area contributed by atoms with Crippen molar-refractivity contribution < 1.29 is 84.0 Å². The summed E-state index contributed by atoms with van der Waals surface area (Å²) in [5, 5.41) is 60.1. The number of Topliss-reactive ketones (excluding diaryl/α,β-unsaturated/α-hetero) is 1. The molecule has 0 radical (unpaired) electrons. The summed E-state index contributed by atoms with van der Waals surface area (Å²) in [6.07, 6.45) is -9.70.